The molecule has 1 saturated heterocycles. The van der Waals surface area contributed by atoms with Crippen LogP contribution < -0.4 is 16.0 Å². The zero-order valence-electron chi connectivity index (χ0n) is 16.2. The van der Waals surface area contributed by atoms with Gasteiger partial charge in [0.25, 0.3) is 11.8 Å². The normalized spacial score (nSPS) is 19.8. The largest absolute Gasteiger partial charge is 0.384 e. The summed E-state index contributed by atoms with van der Waals surface area (Å²) in [5.74, 6) is -1.28. The highest BCUT2D eigenvalue weighted by atomic mass is 16.2. The van der Waals surface area contributed by atoms with Crippen LogP contribution in [0.15, 0.2) is 36.4 Å². The average Bonchev–Trinajstić information content (AvgIpc) is 3.32. The first kappa shape index (κ1) is 18.4. The van der Waals surface area contributed by atoms with Gasteiger partial charge in [0.05, 0.1) is 0 Å². The summed E-state index contributed by atoms with van der Waals surface area (Å²) in [6.07, 6.45) is 1.50. The molecule has 1 fully saturated rings. The van der Waals surface area contributed by atoms with Crippen LogP contribution in [0.25, 0.3) is 0 Å². The molecule has 1 unspecified atom stereocenters. The number of benzene rings is 2. The summed E-state index contributed by atoms with van der Waals surface area (Å²) in [7, 11) is 0. The topological polar surface area (TPSA) is 108 Å². The lowest BCUT2D eigenvalue weighted by Crippen LogP contribution is -2.52. The van der Waals surface area contributed by atoms with Crippen LogP contribution in [0.1, 0.15) is 44.7 Å². The minimum atomic E-state index is -0.668. The molecule has 0 aliphatic carbocycles. The van der Waals surface area contributed by atoms with Crippen molar-refractivity contribution in [2.24, 2.45) is 0 Å². The third-order valence-electron chi connectivity index (χ3n) is 5.86. The molecule has 3 N–H and O–H groups in total. The smallest absolute Gasteiger partial charge is 0.255 e. The van der Waals surface area contributed by atoms with Gasteiger partial charge in [0.15, 0.2) is 0 Å². The predicted octanol–water partition coefficient (Wildman–Crippen LogP) is 1.67. The fourth-order valence-electron chi connectivity index (χ4n) is 4.29. The third-order valence-corrected chi connectivity index (χ3v) is 5.86. The number of imide groups is 1. The quantitative estimate of drug-likeness (QED) is 0.675. The molecular formula is C22H20N4O4. The van der Waals surface area contributed by atoms with Gasteiger partial charge in [-0.2, -0.15) is 0 Å². The molecule has 0 saturated carbocycles. The fourth-order valence-corrected chi connectivity index (χ4v) is 4.29. The second-order valence-electron chi connectivity index (χ2n) is 7.77. The first-order valence-electron chi connectivity index (χ1n) is 9.95. The highest BCUT2D eigenvalue weighted by Crippen LogP contribution is 2.29. The van der Waals surface area contributed by atoms with Gasteiger partial charge in [-0.05, 0) is 54.3 Å². The van der Waals surface area contributed by atoms with E-state index in [1.165, 1.54) is 10.5 Å². The summed E-state index contributed by atoms with van der Waals surface area (Å²) in [5, 5.41) is 8.47. The molecular weight excluding hydrogens is 384 g/mol. The molecule has 1 atom stereocenters. The Bertz CT molecular complexity index is 1110. The summed E-state index contributed by atoms with van der Waals surface area (Å²) in [6, 6.07) is 10.1. The number of nitrogens with one attached hydrogen (secondary N) is 3. The van der Waals surface area contributed by atoms with Crippen molar-refractivity contribution in [2.45, 2.75) is 31.8 Å². The van der Waals surface area contributed by atoms with E-state index < -0.39 is 11.9 Å². The number of piperidine rings is 1. The first-order valence-corrected chi connectivity index (χ1v) is 9.95. The maximum absolute atomic E-state index is 12.8. The Hall–Kier alpha value is -3.68. The molecule has 3 aliphatic rings. The lowest BCUT2D eigenvalue weighted by molar-refractivity contribution is -0.136. The van der Waals surface area contributed by atoms with Crippen LogP contribution in [-0.2, 0) is 22.6 Å². The van der Waals surface area contributed by atoms with Gasteiger partial charge >= 0.3 is 0 Å². The number of carbonyl (C=O) groups is 4. The molecule has 0 aromatic heterocycles. The molecule has 0 bridgehead atoms. The van der Waals surface area contributed by atoms with E-state index in [-0.39, 0.29) is 30.7 Å². The Kier molecular flexibility index (Phi) is 4.27. The van der Waals surface area contributed by atoms with Crippen LogP contribution in [0.3, 0.4) is 0 Å². The lowest BCUT2D eigenvalue weighted by atomic mass is 10.0. The number of nitrogens with zero attached hydrogens (tertiary/aromatic N) is 1. The highest BCUT2D eigenvalue weighted by Gasteiger charge is 2.39. The zero-order valence-corrected chi connectivity index (χ0v) is 16.2. The number of carbonyl (C=O) groups excluding carboxylic acids is 4. The van der Waals surface area contributed by atoms with E-state index in [1.54, 1.807) is 18.2 Å². The zero-order chi connectivity index (χ0) is 20.8. The molecule has 152 valence electrons. The van der Waals surface area contributed by atoms with Gasteiger partial charge in [-0.3, -0.25) is 24.5 Å². The maximum Gasteiger partial charge on any atom is 0.255 e. The molecule has 2 aromatic rings. The van der Waals surface area contributed by atoms with Gasteiger partial charge in [-0.25, -0.2) is 0 Å². The van der Waals surface area contributed by atoms with E-state index in [1.807, 2.05) is 18.2 Å². The van der Waals surface area contributed by atoms with Gasteiger partial charge in [-0.1, -0.05) is 6.07 Å². The summed E-state index contributed by atoms with van der Waals surface area (Å²) in [6.45, 7) is 1.14. The van der Waals surface area contributed by atoms with Crippen LogP contribution in [-0.4, -0.2) is 41.1 Å². The Morgan fingerprint density at radius 3 is 2.73 bits per heavy atom. The molecule has 8 nitrogen and oxygen atoms in total. The van der Waals surface area contributed by atoms with E-state index in [4.69, 9.17) is 0 Å². The van der Waals surface area contributed by atoms with Crippen molar-refractivity contribution in [1.82, 2.24) is 10.2 Å². The molecule has 4 amide bonds. The molecule has 0 spiro atoms. The maximum atomic E-state index is 12.8. The van der Waals surface area contributed by atoms with Crippen molar-refractivity contribution in [3.63, 3.8) is 0 Å². The standard InChI is InChI=1S/C22H20N4O4/c27-19-6-5-18(21(29)25-19)26-11-14-9-13(2-4-16(14)22(26)30)20(28)24-15-3-1-12-7-8-23-17(12)10-15/h1-4,9-10,18,23H,5-8,11H2,(H,24,28)(H,25,27,29). The number of rotatable bonds is 3. The van der Waals surface area contributed by atoms with Crippen LogP contribution >= 0.6 is 0 Å². The second-order valence-corrected chi connectivity index (χ2v) is 7.77. The Labute approximate surface area is 172 Å². The summed E-state index contributed by atoms with van der Waals surface area (Å²) >= 11 is 0. The molecule has 3 heterocycles. The Morgan fingerprint density at radius 2 is 1.90 bits per heavy atom. The van der Waals surface area contributed by atoms with E-state index in [2.05, 4.69) is 16.0 Å². The summed E-state index contributed by atoms with van der Waals surface area (Å²) < 4.78 is 0. The van der Waals surface area contributed by atoms with Crippen LogP contribution in [0.5, 0.6) is 0 Å². The lowest BCUT2D eigenvalue weighted by Gasteiger charge is -2.29. The Morgan fingerprint density at radius 1 is 1.03 bits per heavy atom. The minimum Gasteiger partial charge on any atom is -0.384 e. The number of hydrogen-bond donors (Lipinski definition) is 3. The summed E-state index contributed by atoms with van der Waals surface area (Å²) in [4.78, 5) is 50.5. The van der Waals surface area contributed by atoms with Crippen molar-refractivity contribution in [3.05, 3.63) is 58.7 Å². The highest BCUT2D eigenvalue weighted by molar-refractivity contribution is 6.08. The van der Waals surface area contributed by atoms with Crippen molar-refractivity contribution in [3.8, 4) is 0 Å². The fraction of sp³-hybridized carbons (Fsp3) is 0.273. The van der Waals surface area contributed by atoms with E-state index in [0.717, 1.165) is 18.7 Å². The van der Waals surface area contributed by atoms with Crippen molar-refractivity contribution < 1.29 is 19.2 Å². The molecule has 3 aliphatic heterocycles. The minimum absolute atomic E-state index is 0.208. The second kappa shape index (κ2) is 6.98. The van der Waals surface area contributed by atoms with E-state index >= 15 is 0 Å². The average molecular weight is 404 g/mol. The monoisotopic (exact) mass is 404 g/mol. The molecule has 2 aromatic carbocycles. The number of fused-ring (bicyclic) bond motifs is 2. The van der Waals surface area contributed by atoms with Crippen LogP contribution in [0.4, 0.5) is 11.4 Å². The number of anilines is 2. The predicted molar refractivity (Wildman–Crippen MR) is 109 cm³/mol. The molecule has 5 rings (SSSR count). The van der Waals surface area contributed by atoms with Crippen molar-refractivity contribution >= 4 is 35.0 Å². The summed E-state index contributed by atoms with van der Waals surface area (Å²) in [5.41, 5.74) is 4.60. The van der Waals surface area contributed by atoms with E-state index in [9.17, 15) is 19.2 Å². The van der Waals surface area contributed by atoms with Gasteiger partial charge in [0.2, 0.25) is 11.8 Å². The Balaban J connectivity index is 1.33. The van der Waals surface area contributed by atoms with Crippen LogP contribution in [0.2, 0.25) is 0 Å². The van der Waals surface area contributed by atoms with Gasteiger partial charge in [-0.15, -0.1) is 0 Å². The first-order chi connectivity index (χ1) is 14.5. The van der Waals surface area contributed by atoms with Crippen molar-refractivity contribution in [2.75, 3.05) is 17.2 Å². The molecule has 8 heteroatoms. The van der Waals surface area contributed by atoms with Crippen molar-refractivity contribution in [1.29, 1.82) is 0 Å². The van der Waals surface area contributed by atoms with E-state index in [0.29, 0.717) is 28.8 Å². The SMILES string of the molecule is O=C1CCC(N2Cc3cc(C(=O)Nc4ccc5c(c4)NCC5)ccc3C2=O)C(=O)N1. The number of hydrogen-bond acceptors (Lipinski definition) is 5. The third kappa shape index (κ3) is 3.10. The molecule has 0 radical (unpaired) electrons. The van der Waals surface area contributed by atoms with Gasteiger partial charge in [0.1, 0.15) is 6.04 Å². The van der Waals surface area contributed by atoms with Gasteiger partial charge in [0, 0.05) is 42.0 Å². The van der Waals surface area contributed by atoms with Crippen LogP contribution in [0, 0.1) is 0 Å². The van der Waals surface area contributed by atoms with Gasteiger partial charge < -0.3 is 15.5 Å². The number of amides is 4. The molecule has 30 heavy (non-hydrogen) atoms.